The molecule has 3 N–H and O–H groups in total. The molecule has 0 aromatic heterocycles. The quantitative estimate of drug-likeness (QED) is 0.771. The lowest BCUT2D eigenvalue weighted by atomic mass is 9.99. The van der Waals surface area contributed by atoms with Gasteiger partial charge in [0.15, 0.2) is 0 Å². The Bertz CT molecular complexity index is 213. The maximum Gasteiger partial charge on any atom is 0.00862 e. The van der Waals surface area contributed by atoms with Crippen molar-refractivity contribution in [3.8, 4) is 0 Å². The largest absolute Gasteiger partial charge is 0.330 e. The van der Waals surface area contributed by atoms with E-state index in [1.807, 2.05) is 25.2 Å². The molecule has 0 saturated carbocycles. The Labute approximate surface area is 85.9 Å². The Morgan fingerprint density at radius 2 is 1.92 bits per heavy atom. The summed E-state index contributed by atoms with van der Waals surface area (Å²) in [5.41, 5.74) is 6.97. The third-order valence-electron chi connectivity index (χ3n) is 2.01. The van der Waals surface area contributed by atoms with Gasteiger partial charge < -0.3 is 11.1 Å². The first-order valence-corrected chi connectivity index (χ1v) is 4.28. The van der Waals surface area contributed by atoms with Gasteiger partial charge in [0.1, 0.15) is 0 Å². The number of hydrogen-bond donors (Lipinski definition) is 2. The van der Waals surface area contributed by atoms with Crippen LogP contribution in [0.3, 0.4) is 0 Å². The van der Waals surface area contributed by atoms with Crippen LogP contribution in [-0.2, 0) is 0 Å². The second kappa shape index (κ2) is 6.89. The van der Waals surface area contributed by atoms with Crippen molar-refractivity contribution in [1.82, 2.24) is 5.32 Å². The maximum absolute atomic E-state index is 5.65. The van der Waals surface area contributed by atoms with Gasteiger partial charge in [-0.15, -0.1) is 12.4 Å². The molecular weight excluding hydrogens is 184 g/mol. The van der Waals surface area contributed by atoms with Crippen molar-refractivity contribution in [1.29, 1.82) is 0 Å². The summed E-state index contributed by atoms with van der Waals surface area (Å²) in [6, 6.07) is 10.4. The summed E-state index contributed by atoms with van der Waals surface area (Å²) < 4.78 is 0. The van der Waals surface area contributed by atoms with E-state index < -0.39 is 0 Å². The molecule has 0 aliphatic heterocycles. The number of halogens is 1. The van der Waals surface area contributed by atoms with Crippen LogP contribution in [-0.4, -0.2) is 20.1 Å². The van der Waals surface area contributed by atoms with E-state index in [0.29, 0.717) is 12.5 Å². The molecule has 1 atom stereocenters. The smallest absolute Gasteiger partial charge is 0.00862 e. The summed E-state index contributed by atoms with van der Waals surface area (Å²) in [6.45, 7) is 1.64. The summed E-state index contributed by atoms with van der Waals surface area (Å²) in [7, 11) is 1.95. The second-order valence-corrected chi connectivity index (χ2v) is 2.90. The Morgan fingerprint density at radius 3 is 2.38 bits per heavy atom. The molecule has 0 radical (unpaired) electrons. The molecule has 2 nitrogen and oxygen atoms in total. The third-order valence-corrected chi connectivity index (χ3v) is 2.01. The summed E-state index contributed by atoms with van der Waals surface area (Å²) in [6.07, 6.45) is 0. The first kappa shape index (κ1) is 12.4. The predicted octanol–water partition coefficient (Wildman–Crippen LogP) is 1.37. The molecule has 0 bridgehead atoms. The molecule has 0 aliphatic carbocycles. The molecule has 13 heavy (non-hydrogen) atoms. The fourth-order valence-electron chi connectivity index (χ4n) is 1.31. The highest BCUT2D eigenvalue weighted by molar-refractivity contribution is 5.85. The lowest BCUT2D eigenvalue weighted by Crippen LogP contribution is -2.23. The highest BCUT2D eigenvalue weighted by Crippen LogP contribution is 2.12. The molecule has 0 heterocycles. The van der Waals surface area contributed by atoms with E-state index >= 15 is 0 Å². The summed E-state index contributed by atoms with van der Waals surface area (Å²) in [4.78, 5) is 0. The fraction of sp³-hybridized carbons (Fsp3) is 0.400. The monoisotopic (exact) mass is 200 g/mol. The molecule has 0 amide bonds. The molecule has 0 saturated heterocycles. The third kappa shape index (κ3) is 3.77. The Kier molecular flexibility index (Phi) is 6.59. The van der Waals surface area contributed by atoms with Gasteiger partial charge >= 0.3 is 0 Å². The van der Waals surface area contributed by atoms with E-state index in [-0.39, 0.29) is 12.4 Å². The molecule has 0 fully saturated rings. The van der Waals surface area contributed by atoms with Crippen molar-refractivity contribution in [2.75, 3.05) is 20.1 Å². The van der Waals surface area contributed by atoms with Gasteiger partial charge in [0.2, 0.25) is 0 Å². The van der Waals surface area contributed by atoms with Crippen LogP contribution in [0.25, 0.3) is 0 Å². The Hall–Kier alpha value is -0.570. The molecule has 1 aromatic rings. The summed E-state index contributed by atoms with van der Waals surface area (Å²) >= 11 is 0. The maximum atomic E-state index is 5.65. The van der Waals surface area contributed by atoms with E-state index in [9.17, 15) is 0 Å². The number of nitrogens with one attached hydrogen (secondary N) is 1. The molecule has 1 aromatic carbocycles. The molecule has 0 spiro atoms. The van der Waals surface area contributed by atoms with Gasteiger partial charge in [0.05, 0.1) is 0 Å². The zero-order valence-electron chi connectivity index (χ0n) is 7.86. The van der Waals surface area contributed by atoms with Crippen LogP contribution < -0.4 is 11.1 Å². The SMILES string of the molecule is CNCC(CN)c1ccccc1.Cl. The number of hydrogen-bond acceptors (Lipinski definition) is 2. The minimum Gasteiger partial charge on any atom is -0.330 e. The minimum atomic E-state index is 0. The van der Waals surface area contributed by atoms with E-state index in [2.05, 4.69) is 17.4 Å². The van der Waals surface area contributed by atoms with Crippen molar-refractivity contribution in [2.45, 2.75) is 5.92 Å². The summed E-state index contributed by atoms with van der Waals surface area (Å²) in [5.74, 6) is 0.441. The highest BCUT2D eigenvalue weighted by Gasteiger charge is 2.06. The number of benzene rings is 1. The lowest BCUT2D eigenvalue weighted by Gasteiger charge is -2.13. The normalized spacial score (nSPS) is 11.8. The van der Waals surface area contributed by atoms with Crippen LogP contribution in [0, 0.1) is 0 Å². The van der Waals surface area contributed by atoms with Crippen LogP contribution in [0.2, 0.25) is 0 Å². The lowest BCUT2D eigenvalue weighted by molar-refractivity contribution is 0.637. The van der Waals surface area contributed by atoms with Crippen LogP contribution in [0.1, 0.15) is 11.5 Å². The van der Waals surface area contributed by atoms with E-state index in [1.165, 1.54) is 5.56 Å². The zero-order valence-corrected chi connectivity index (χ0v) is 8.68. The molecule has 74 valence electrons. The van der Waals surface area contributed by atoms with Gasteiger partial charge in [-0.1, -0.05) is 30.3 Å². The van der Waals surface area contributed by atoms with E-state index in [1.54, 1.807) is 0 Å². The van der Waals surface area contributed by atoms with Crippen molar-refractivity contribution in [2.24, 2.45) is 5.73 Å². The molecule has 3 heteroatoms. The number of rotatable bonds is 4. The van der Waals surface area contributed by atoms with Gasteiger partial charge in [-0.05, 0) is 12.6 Å². The highest BCUT2D eigenvalue weighted by atomic mass is 35.5. The van der Waals surface area contributed by atoms with Crippen LogP contribution >= 0.6 is 12.4 Å². The zero-order chi connectivity index (χ0) is 8.81. The average Bonchev–Trinajstić information content (AvgIpc) is 2.15. The predicted molar refractivity (Wildman–Crippen MR) is 59.4 cm³/mol. The number of nitrogens with two attached hydrogens (primary N) is 1. The summed E-state index contributed by atoms with van der Waals surface area (Å²) in [5, 5.41) is 3.14. The average molecular weight is 201 g/mol. The van der Waals surface area contributed by atoms with Crippen LogP contribution in [0.5, 0.6) is 0 Å². The van der Waals surface area contributed by atoms with Gasteiger partial charge in [-0.2, -0.15) is 0 Å². The first-order valence-electron chi connectivity index (χ1n) is 4.28. The first-order chi connectivity index (χ1) is 5.88. The standard InChI is InChI=1S/C10H16N2.ClH/c1-12-8-10(7-11)9-5-3-2-4-6-9;/h2-6,10,12H,7-8,11H2,1H3;1H. The topological polar surface area (TPSA) is 38.0 Å². The van der Waals surface area contributed by atoms with Crippen molar-refractivity contribution >= 4 is 12.4 Å². The molecule has 0 aliphatic rings. The van der Waals surface area contributed by atoms with Gasteiger partial charge in [0.25, 0.3) is 0 Å². The van der Waals surface area contributed by atoms with E-state index in [0.717, 1.165) is 6.54 Å². The van der Waals surface area contributed by atoms with Gasteiger partial charge in [-0.25, -0.2) is 0 Å². The van der Waals surface area contributed by atoms with Gasteiger partial charge in [0, 0.05) is 19.0 Å². The van der Waals surface area contributed by atoms with Crippen LogP contribution in [0.4, 0.5) is 0 Å². The van der Waals surface area contributed by atoms with Crippen molar-refractivity contribution in [3.05, 3.63) is 35.9 Å². The minimum absolute atomic E-state index is 0. The fourth-order valence-corrected chi connectivity index (χ4v) is 1.31. The van der Waals surface area contributed by atoms with Gasteiger partial charge in [-0.3, -0.25) is 0 Å². The molecule has 1 unspecified atom stereocenters. The van der Waals surface area contributed by atoms with E-state index in [4.69, 9.17) is 5.73 Å². The molecule has 1 rings (SSSR count). The Morgan fingerprint density at radius 1 is 1.31 bits per heavy atom. The number of likely N-dealkylation sites (N-methyl/N-ethyl adjacent to an activating group) is 1. The molecular formula is C10H17ClN2. The van der Waals surface area contributed by atoms with Crippen LogP contribution in [0.15, 0.2) is 30.3 Å². The second-order valence-electron chi connectivity index (χ2n) is 2.90. The van der Waals surface area contributed by atoms with Crippen molar-refractivity contribution in [3.63, 3.8) is 0 Å². The Balaban J connectivity index is 0.00000144. The van der Waals surface area contributed by atoms with Crippen molar-refractivity contribution < 1.29 is 0 Å².